The number of aromatic amines is 1. The van der Waals surface area contributed by atoms with Crippen molar-refractivity contribution >= 4 is 0 Å². The molecule has 0 aromatic carbocycles. The van der Waals surface area contributed by atoms with Gasteiger partial charge in [-0.05, 0) is 6.92 Å². The first-order valence-electron chi connectivity index (χ1n) is 3.98. The molecule has 0 saturated heterocycles. The SMILES string of the molecule is Cc1cc(=O)[nH]c(C(C)(C)C)n1. The molecular formula is C9H14N2O. The Morgan fingerprint density at radius 2 is 2.00 bits per heavy atom. The lowest BCUT2D eigenvalue weighted by Gasteiger charge is -2.16. The van der Waals surface area contributed by atoms with Crippen molar-refractivity contribution in [1.29, 1.82) is 0 Å². The molecule has 3 heteroatoms. The molecule has 0 bridgehead atoms. The van der Waals surface area contributed by atoms with Crippen LogP contribution in [0, 0.1) is 6.92 Å². The van der Waals surface area contributed by atoms with Gasteiger partial charge in [0.2, 0.25) is 0 Å². The fraction of sp³-hybridized carbons (Fsp3) is 0.556. The Labute approximate surface area is 71.9 Å². The smallest absolute Gasteiger partial charge is 0.251 e. The van der Waals surface area contributed by atoms with Gasteiger partial charge in [0.25, 0.3) is 5.56 Å². The number of aromatic nitrogens is 2. The Hall–Kier alpha value is -1.12. The highest BCUT2D eigenvalue weighted by molar-refractivity contribution is 5.06. The van der Waals surface area contributed by atoms with Crippen LogP contribution in [0.5, 0.6) is 0 Å². The average molecular weight is 166 g/mol. The summed E-state index contributed by atoms with van der Waals surface area (Å²) in [4.78, 5) is 18.0. The van der Waals surface area contributed by atoms with Gasteiger partial charge in [-0.15, -0.1) is 0 Å². The van der Waals surface area contributed by atoms with E-state index in [1.807, 2.05) is 27.7 Å². The van der Waals surface area contributed by atoms with Crippen LogP contribution < -0.4 is 5.56 Å². The summed E-state index contributed by atoms with van der Waals surface area (Å²) in [5, 5.41) is 0. The third-order valence-electron chi connectivity index (χ3n) is 1.58. The minimum absolute atomic E-state index is 0.0765. The molecule has 0 aliphatic rings. The normalized spacial score (nSPS) is 11.7. The minimum Gasteiger partial charge on any atom is -0.310 e. The molecule has 3 nitrogen and oxygen atoms in total. The van der Waals surface area contributed by atoms with E-state index in [4.69, 9.17) is 0 Å². The average Bonchev–Trinajstić information content (AvgIpc) is 1.82. The molecule has 0 unspecified atom stereocenters. The van der Waals surface area contributed by atoms with Gasteiger partial charge in [0.1, 0.15) is 5.82 Å². The summed E-state index contributed by atoms with van der Waals surface area (Å²) >= 11 is 0. The highest BCUT2D eigenvalue weighted by Gasteiger charge is 2.16. The summed E-state index contributed by atoms with van der Waals surface area (Å²) in [6.45, 7) is 7.88. The molecule has 1 aromatic heterocycles. The van der Waals surface area contributed by atoms with Crippen LogP contribution in [0.2, 0.25) is 0 Å². The maximum atomic E-state index is 11.1. The number of hydrogen-bond donors (Lipinski definition) is 1. The zero-order valence-corrected chi connectivity index (χ0v) is 7.93. The van der Waals surface area contributed by atoms with Crippen molar-refractivity contribution in [3.8, 4) is 0 Å². The summed E-state index contributed by atoms with van der Waals surface area (Å²) in [5.74, 6) is 0.743. The van der Waals surface area contributed by atoms with Crippen LogP contribution in [0.1, 0.15) is 32.3 Å². The molecular weight excluding hydrogens is 152 g/mol. The molecule has 0 radical (unpaired) electrons. The van der Waals surface area contributed by atoms with Gasteiger partial charge >= 0.3 is 0 Å². The molecule has 0 atom stereocenters. The topological polar surface area (TPSA) is 45.8 Å². The highest BCUT2D eigenvalue weighted by Crippen LogP contribution is 2.16. The van der Waals surface area contributed by atoms with E-state index in [9.17, 15) is 4.79 Å². The number of aryl methyl sites for hydroxylation is 1. The molecule has 1 heterocycles. The van der Waals surface area contributed by atoms with E-state index in [-0.39, 0.29) is 11.0 Å². The number of hydrogen-bond acceptors (Lipinski definition) is 2. The first kappa shape index (κ1) is 8.97. The van der Waals surface area contributed by atoms with Gasteiger partial charge in [0, 0.05) is 17.2 Å². The van der Waals surface area contributed by atoms with Crippen LogP contribution >= 0.6 is 0 Å². The van der Waals surface area contributed by atoms with Crippen molar-refractivity contribution in [2.45, 2.75) is 33.1 Å². The minimum atomic E-state index is -0.0921. The second-order valence-corrected chi connectivity index (χ2v) is 3.99. The molecule has 0 aliphatic carbocycles. The molecule has 0 aliphatic heterocycles. The van der Waals surface area contributed by atoms with Gasteiger partial charge in [-0.2, -0.15) is 0 Å². The van der Waals surface area contributed by atoms with Crippen LogP contribution in [0.3, 0.4) is 0 Å². The summed E-state index contributed by atoms with van der Waals surface area (Å²) < 4.78 is 0. The molecule has 1 aromatic rings. The largest absolute Gasteiger partial charge is 0.310 e. The van der Waals surface area contributed by atoms with Crippen molar-refractivity contribution in [3.05, 3.63) is 27.9 Å². The van der Waals surface area contributed by atoms with E-state index < -0.39 is 0 Å². The second-order valence-electron chi connectivity index (χ2n) is 3.99. The van der Waals surface area contributed by atoms with E-state index in [1.165, 1.54) is 6.07 Å². The van der Waals surface area contributed by atoms with E-state index in [1.54, 1.807) is 0 Å². The van der Waals surface area contributed by atoms with Crippen LogP contribution in [0.4, 0.5) is 0 Å². The molecule has 0 saturated carbocycles. The summed E-state index contributed by atoms with van der Waals surface area (Å²) in [5.41, 5.74) is 0.599. The van der Waals surface area contributed by atoms with Crippen LogP contribution in [-0.4, -0.2) is 9.97 Å². The maximum absolute atomic E-state index is 11.1. The molecule has 12 heavy (non-hydrogen) atoms. The Morgan fingerprint density at radius 3 is 2.42 bits per heavy atom. The van der Waals surface area contributed by atoms with Gasteiger partial charge in [-0.1, -0.05) is 20.8 Å². The second kappa shape index (κ2) is 2.73. The van der Waals surface area contributed by atoms with Crippen LogP contribution in [0.25, 0.3) is 0 Å². The Morgan fingerprint density at radius 1 is 1.42 bits per heavy atom. The lowest BCUT2D eigenvalue weighted by molar-refractivity contribution is 0.540. The lowest BCUT2D eigenvalue weighted by Crippen LogP contribution is -2.21. The van der Waals surface area contributed by atoms with E-state index in [0.29, 0.717) is 0 Å². The maximum Gasteiger partial charge on any atom is 0.251 e. The van der Waals surface area contributed by atoms with Gasteiger partial charge in [0.05, 0.1) is 0 Å². The molecule has 1 N–H and O–H groups in total. The Balaban J connectivity index is 3.27. The van der Waals surface area contributed by atoms with E-state index >= 15 is 0 Å². The highest BCUT2D eigenvalue weighted by atomic mass is 16.1. The molecule has 1 rings (SSSR count). The van der Waals surface area contributed by atoms with Crippen molar-refractivity contribution in [1.82, 2.24) is 9.97 Å². The predicted molar refractivity (Wildman–Crippen MR) is 48.3 cm³/mol. The molecule has 0 fully saturated rings. The van der Waals surface area contributed by atoms with Crippen LogP contribution in [0.15, 0.2) is 10.9 Å². The standard InChI is InChI=1S/C9H14N2O/c1-6-5-7(12)11-8(10-6)9(2,3)4/h5H,1-4H3,(H,10,11,12). The zero-order valence-electron chi connectivity index (χ0n) is 7.93. The lowest BCUT2D eigenvalue weighted by atomic mass is 9.96. The first-order valence-corrected chi connectivity index (χ1v) is 3.98. The number of H-pyrrole nitrogens is 1. The fourth-order valence-electron chi connectivity index (χ4n) is 0.934. The van der Waals surface area contributed by atoms with Gasteiger partial charge in [0.15, 0.2) is 0 Å². The van der Waals surface area contributed by atoms with Crippen molar-refractivity contribution < 1.29 is 0 Å². The Bertz CT molecular complexity index is 333. The number of rotatable bonds is 0. The third-order valence-corrected chi connectivity index (χ3v) is 1.58. The monoisotopic (exact) mass is 166 g/mol. The Kier molecular flexibility index (Phi) is 2.04. The van der Waals surface area contributed by atoms with Crippen molar-refractivity contribution in [2.24, 2.45) is 0 Å². The molecule has 0 amide bonds. The zero-order chi connectivity index (χ0) is 9.35. The van der Waals surface area contributed by atoms with Crippen molar-refractivity contribution in [3.63, 3.8) is 0 Å². The molecule has 0 spiro atoms. The quantitative estimate of drug-likeness (QED) is 0.632. The van der Waals surface area contributed by atoms with E-state index in [0.717, 1.165) is 11.5 Å². The first-order chi connectivity index (χ1) is 5.39. The van der Waals surface area contributed by atoms with Gasteiger partial charge in [-0.3, -0.25) is 4.79 Å². The number of nitrogens with zero attached hydrogens (tertiary/aromatic N) is 1. The van der Waals surface area contributed by atoms with E-state index in [2.05, 4.69) is 9.97 Å². The van der Waals surface area contributed by atoms with Crippen molar-refractivity contribution in [2.75, 3.05) is 0 Å². The van der Waals surface area contributed by atoms with Gasteiger partial charge in [-0.25, -0.2) is 4.98 Å². The fourth-order valence-corrected chi connectivity index (χ4v) is 0.934. The van der Waals surface area contributed by atoms with Crippen LogP contribution in [-0.2, 0) is 5.41 Å². The summed E-state index contributed by atoms with van der Waals surface area (Å²) in [7, 11) is 0. The van der Waals surface area contributed by atoms with Gasteiger partial charge < -0.3 is 4.98 Å². The third kappa shape index (κ3) is 1.94. The summed E-state index contributed by atoms with van der Waals surface area (Å²) in [6.07, 6.45) is 0. The summed E-state index contributed by atoms with van der Waals surface area (Å²) in [6, 6.07) is 1.50. The molecule has 66 valence electrons. The predicted octanol–water partition coefficient (Wildman–Crippen LogP) is 1.38. The number of nitrogens with one attached hydrogen (secondary N) is 1.